The Balaban J connectivity index is 1.50. The number of aromatic nitrogens is 5. The highest BCUT2D eigenvalue weighted by Crippen LogP contribution is 2.29. The van der Waals surface area contributed by atoms with Crippen molar-refractivity contribution in [2.24, 2.45) is 7.05 Å². The molecule has 0 spiro atoms. The second-order valence-electron chi connectivity index (χ2n) is 7.55. The fraction of sp³-hybridized carbons (Fsp3) is 0.261. The third-order valence-corrected chi connectivity index (χ3v) is 6.36. The van der Waals surface area contributed by atoms with Crippen LogP contribution in [0.5, 0.6) is 5.75 Å². The van der Waals surface area contributed by atoms with E-state index >= 15 is 0 Å². The molecule has 0 fully saturated rings. The largest absolute Gasteiger partial charge is 0.492 e. The lowest BCUT2D eigenvalue weighted by Gasteiger charge is -2.09. The summed E-state index contributed by atoms with van der Waals surface area (Å²) in [6, 6.07) is 9.07. The van der Waals surface area contributed by atoms with Crippen molar-refractivity contribution in [1.29, 1.82) is 0 Å². The highest BCUT2D eigenvalue weighted by Gasteiger charge is 2.21. The summed E-state index contributed by atoms with van der Waals surface area (Å²) >= 11 is 1.20. The average Bonchev–Trinajstić information content (AvgIpc) is 3.43. The van der Waals surface area contributed by atoms with Crippen molar-refractivity contribution in [1.82, 2.24) is 24.5 Å². The van der Waals surface area contributed by atoms with Crippen molar-refractivity contribution in [3.8, 4) is 16.3 Å². The van der Waals surface area contributed by atoms with Gasteiger partial charge in [0.05, 0.1) is 23.5 Å². The summed E-state index contributed by atoms with van der Waals surface area (Å²) in [5, 5.41) is 11.8. The molecule has 0 aliphatic rings. The van der Waals surface area contributed by atoms with E-state index in [-0.39, 0.29) is 11.5 Å². The van der Waals surface area contributed by atoms with Crippen LogP contribution in [0.4, 0.5) is 5.69 Å². The molecule has 4 aromatic rings. The summed E-state index contributed by atoms with van der Waals surface area (Å²) in [5.41, 5.74) is 2.92. The molecule has 3 heterocycles. The van der Waals surface area contributed by atoms with Crippen LogP contribution in [0.3, 0.4) is 0 Å². The highest BCUT2D eigenvalue weighted by molar-refractivity contribution is 7.17. The maximum absolute atomic E-state index is 13.0. The maximum atomic E-state index is 13.0. The molecule has 0 radical (unpaired) electrons. The van der Waals surface area contributed by atoms with Crippen LogP contribution in [0.1, 0.15) is 26.6 Å². The minimum Gasteiger partial charge on any atom is -0.492 e. The predicted octanol–water partition coefficient (Wildman–Crippen LogP) is 3.36. The van der Waals surface area contributed by atoms with Gasteiger partial charge in [0.2, 0.25) is 0 Å². The molecule has 0 aliphatic heterocycles. The molecule has 1 amide bonds. The molecule has 9 nitrogen and oxygen atoms in total. The van der Waals surface area contributed by atoms with E-state index in [1.165, 1.54) is 16.0 Å². The zero-order chi connectivity index (χ0) is 23.5. The molecule has 0 saturated carbocycles. The number of anilines is 1. The van der Waals surface area contributed by atoms with Crippen molar-refractivity contribution in [3.05, 3.63) is 74.9 Å². The SMILES string of the molecule is Cc1nc(-c2c(C)c(C)nn(C)c2=O)sc1C(=O)Nc1cccc(OCCn2cccn2)c1. The van der Waals surface area contributed by atoms with Crippen LogP contribution in [0.2, 0.25) is 0 Å². The Bertz CT molecular complexity index is 1360. The van der Waals surface area contributed by atoms with Gasteiger partial charge in [0.25, 0.3) is 11.5 Å². The fourth-order valence-corrected chi connectivity index (χ4v) is 4.41. The van der Waals surface area contributed by atoms with Gasteiger partial charge in [0.1, 0.15) is 22.2 Å². The van der Waals surface area contributed by atoms with Crippen molar-refractivity contribution in [3.63, 3.8) is 0 Å². The van der Waals surface area contributed by atoms with Crippen LogP contribution in [0, 0.1) is 20.8 Å². The maximum Gasteiger partial charge on any atom is 0.277 e. The number of carbonyl (C=O) groups is 1. The summed E-state index contributed by atoms with van der Waals surface area (Å²) < 4.78 is 8.86. The van der Waals surface area contributed by atoms with E-state index in [1.54, 1.807) is 37.0 Å². The van der Waals surface area contributed by atoms with Crippen molar-refractivity contribution in [2.75, 3.05) is 11.9 Å². The van der Waals surface area contributed by atoms with Crippen LogP contribution < -0.4 is 15.6 Å². The molecular formula is C23H24N6O3S. The molecule has 4 rings (SSSR count). The molecule has 3 aromatic heterocycles. The number of hydrogen-bond acceptors (Lipinski definition) is 7. The fourth-order valence-electron chi connectivity index (χ4n) is 3.36. The zero-order valence-corrected chi connectivity index (χ0v) is 19.6. The minimum atomic E-state index is -0.287. The van der Waals surface area contributed by atoms with Gasteiger partial charge in [-0.1, -0.05) is 6.07 Å². The number of amides is 1. The third kappa shape index (κ3) is 4.85. The quantitative estimate of drug-likeness (QED) is 0.450. The molecule has 33 heavy (non-hydrogen) atoms. The summed E-state index contributed by atoms with van der Waals surface area (Å²) in [4.78, 5) is 30.6. The number of nitrogens with one attached hydrogen (secondary N) is 1. The van der Waals surface area contributed by atoms with E-state index in [2.05, 4.69) is 20.5 Å². The molecule has 170 valence electrons. The molecular weight excluding hydrogens is 440 g/mol. The van der Waals surface area contributed by atoms with E-state index in [0.29, 0.717) is 45.7 Å². The van der Waals surface area contributed by atoms with E-state index in [0.717, 1.165) is 11.3 Å². The Morgan fingerprint density at radius 3 is 2.76 bits per heavy atom. The molecule has 1 aromatic carbocycles. The van der Waals surface area contributed by atoms with Crippen molar-refractivity contribution < 1.29 is 9.53 Å². The molecule has 0 unspecified atom stereocenters. The van der Waals surface area contributed by atoms with E-state index in [1.807, 2.05) is 38.2 Å². The number of aryl methyl sites for hydroxylation is 3. The Morgan fingerprint density at radius 1 is 1.18 bits per heavy atom. The molecule has 0 bridgehead atoms. The lowest BCUT2D eigenvalue weighted by atomic mass is 10.1. The Hall–Kier alpha value is -3.79. The predicted molar refractivity (Wildman–Crippen MR) is 127 cm³/mol. The Morgan fingerprint density at radius 2 is 2.00 bits per heavy atom. The summed E-state index contributed by atoms with van der Waals surface area (Å²) in [5.74, 6) is 0.359. The summed E-state index contributed by atoms with van der Waals surface area (Å²) in [6.45, 7) is 6.53. The topological polar surface area (TPSA) is 104 Å². The van der Waals surface area contributed by atoms with Crippen molar-refractivity contribution in [2.45, 2.75) is 27.3 Å². The van der Waals surface area contributed by atoms with Gasteiger partial charge in [-0.25, -0.2) is 9.67 Å². The lowest BCUT2D eigenvalue weighted by molar-refractivity contribution is 0.103. The van der Waals surface area contributed by atoms with Gasteiger partial charge in [-0.2, -0.15) is 10.2 Å². The van der Waals surface area contributed by atoms with Crippen LogP contribution in [0.25, 0.3) is 10.6 Å². The van der Waals surface area contributed by atoms with Crippen LogP contribution in [-0.2, 0) is 13.6 Å². The number of ether oxygens (including phenoxy) is 1. The molecule has 0 saturated heterocycles. The first kappa shape index (κ1) is 22.4. The first-order valence-corrected chi connectivity index (χ1v) is 11.2. The van der Waals surface area contributed by atoms with Gasteiger partial charge in [-0.05, 0) is 44.5 Å². The van der Waals surface area contributed by atoms with Gasteiger partial charge < -0.3 is 10.1 Å². The second-order valence-corrected chi connectivity index (χ2v) is 8.55. The van der Waals surface area contributed by atoms with E-state index in [4.69, 9.17) is 4.74 Å². The number of thiazole rings is 1. The first-order chi connectivity index (χ1) is 15.8. The normalized spacial score (nSPS) is 10.9. The summed E-state index contributed by atoms with van der Waals surface area (Å²) in [7, 11) is 1.61. The van der Waals surface area contributed by atoms with Gasteiger partial charge in [0, 0.05) is 31.2 Å². The molecule has 0 atom stereocenters. The Labute approximate surface area is 194 Å². The van der Waals surface area contributed by atoms with E-state index < -0.39 is 0 Å². The van der Waals surface area contributed by atoms with Gasteiger partial charge in [-0.3, -0.25) is 14.3 Å². The number of benzene rings is 1. The second kappa shape index (κ2) is 9.37. The molecule has 0 aliphatic carbocycles. The molecule has 10 heteroatoms. The smallest absolute Gasteiger partial charge is 0.277 e. The first-order valence-electron chi connectivity index (χ1n) is 10.4. The highest BCUT2D eigenvalue weighted by atomic mass is 32.1. The zero-order valence-electron chi connectivity index (χ0n) is 18.8. The monoisotopic (exact) mass is 464 g/mol. The average molecular weight is 465 g/mol. The minimum absolute atomic E-state index is 0.237. The standard InChI is InChI=1S/C23H24N6O3S/c1-14-15(2)27-28(4)23(31)19(14)22-25-16(3)20(33-22)21(30)26-17-7-5-8-18(13-17)32-12-11-29-10-6-9-24-29/h5-10,13H,11-12H2,1-4H3,(H,26,30). The van der Waals surface area contributed by atoms with Crippen molar-refractivity contribution >= 4 is 22.9 Å². The van der Waals surface area contributed by atoms with E-state index in [9.17, 15) is 9.59 Å². The van der Waals surface area contributed by atoms with Gasteiger partial charge in [0.15, 0.2) is 0 Å². The van der Waals surface area contributed by atoms with Gasteiger partial charge in [-0.15, -0.1) is 11.3 Å². The number of hydrogen-bond donors (Lipinski definition) is 1. The van der Waals surface area contributed by atoms with Crippen LogP contribution >= 0.6 is 11.3 Å². The number of nitrogens with zero attached hydrogens (tertiary/aromatic N) is 5. The Kier molecular flexibility index (Phi) is 6.36. The third-order valence-electron chi connectivity index (χ3n) is 5.18. The summed E-state index contributed by atoms with van der Waals surface area (Å²) in [6.07, 6.45) is 3.59. The number of carbonyl (C=O) groups excluding carboxylic acids is 1. The van der Waals surface area contributed by atoms with Gasteiger partial charge >= 0.3 is 0 Å². The van der Waals surface area contributed by atoms with Crippen LogP contribution in [0.15, 0.2) is 47.5 Å². The molecule has 1 N–H and O–H groups in total. The number of rotatable bonds is 7. The van der Waals surface area contributed by atoms with Crippen LogP contribution in [-0.4, -0.2) is 37.1 Å². The lowest BCUT2D eigenvalue weighted by Crippen LogP contribution is -2.23.